The van der Waals surface area contributed by atoms with E-state index in [1.807, 2.05) is 18.2 Å². The monoisotopic (exact) mass is 314 g/mol. The van der Waals surface area contributed by atoms with Crippen molar-refractivity contribution >= 4 is 5.91 Å². The van der Waals surface area contributed by atoms with Crippen LogP contribution in [0.15, 0.2) is 48.5 Å². The van der Waals surface area contributed by atoms with Crippen molar-refractivity contribution in [2.45, 2.75) is 25.1 Å². The number of amides is 1. The summed E-state index contributed by atoms with van der Waals surface area (Å²) in [6.07, 6.45) is -0.0357. The van der Waals surface area contributed by atoms with Gasteiger partial charge in [0.2, 0.25) is 0 Å². The van der Waals surface area contributed by atoms with E-state index >= 15 is 0 Å². The van der Waals surface area contributed by atoms with Crippen LogP contribution >= 0.6 is 0 Å². The highest BCUT2D eigenvalue weighted by molar-refractivity contribution is 5.94. The Balaban J connectivity index is 1.57. The van der Waals surface area contributed by atoms with E-state index in [1.54, 1.807) is 6.07 Å². The van der Waals surface area contributed by atoms with Gasteiger partial charge in [0.15, 0.2) is 0 Å². The summed E-state index contributed by atoms with van der Waals surface area (Å²) in [7, 11) is 0. The number of benzene rings is 2. The van der Waals surface area contributed by atoms with Gasteiger partial charge in [-0.1, -0.05) is 36.4 Å². The summed E-state index contributed by atoms with van der Waals surface area (Å²) in [4.78, 5) is 12.0. The van der Waals surface area contributed by atoms with E-state index in [0.29, 0.717) is 13.0 Å². The first-order chi connectivity index (χ1) is 11.1. The number of nitrogens with one attached hydrogen (secondary N) is 2. The number of carbonyl (C=O) groups is 1. The van der Waals surface area contributed by atoms with E-state index in [4.69, 9.17) is 0 Å². The summed E-state index contributed by atoms with van der Waals surface area (Å²) < 4.78 is 13.5. The molecule has 1 unspecified atom stereocenters. The minimum Gasteiger partial charge on any atom is -0.390 e. The first kappa shape index (κ1) is 15.6. The molecule has 0 spiro atoms. The molecule has 0 fully saturated rings. The molecule has 3 rings (SSSR count). The maximum absolute atomic E-state index is 13.5. The van der Waals surface area contributed by atoms with E-state index in [0.717, 1.165) is 0 Å². The van der Waals surface area contributed by atoms with Gasteiger partial charge >= 0.3 is 0 Å². The topological polar surface area (TPSA) is 61.4 Å². The highest BCUT2D eigenvalue weighted by Gasteiger charge is 2.24. The zero-order valence-electron chi connectivity index (χ0n) is 12.6. The Kier molecular flexibility index (Phi) is 4.69. The number of hydrogen-bond donors (Lipinski definition) is 3. The molecular weight excluding hydrogens is 295 g/mol. The second-order valence-electron chi connectivity index (χ2n) is 5.72. The number of halogens is 1. The Hall–Kier alpha value is -2.24. The molecule has 1 aliphatic rings. The van der Waals surface area contributed by atoms with Crippen molar-refractivity contribution < 1.29 is 14.3 Å². The van der Waals surface area contributed by atoms with Gasteiger partial charge in [0.25, 0.3) is 5.91 Å². The minimum absolute atomic E-state index is 0.0124. The fourth-order valence-corrected chi connectivity index (χ4v) is 2.83. The van der Waals surface area contributed by atoms with Crippen LogP contribution in [0, 0.1) is 5.82 Å². The summed E-state index contributed by atoms with van der Waals surface area (Å²) in [6, 6.07) is 13.7. The van der Waals surface area contributed by atoms with E-state index in [2.05, 4.69) is 16.7 Å². The molecule has 4 nitrogen and oxygen atoms in total. The largest absolute Gasteiger partial charge is 0.390 e. The van der Waals surface area contributed by atoms with Crippen molar-refractivity contribution in [2.24, 2.45) is 0 Å². The number of hydrogen-bond acceptors (Lipinski definition) is 3. The lowest BCUT2D eigenvalue weighted by molar-refractivity contribution is 0.0866. The second kappa shape index (κ2) is 6.89. The standard InChI is InChI=1S/C18H19FN2O2/c19-15-8-4-3-7-14(15)18(23)21-11-17(22)16-9-12-5-1-2-6-13(12)10-20-16/h1-8,16-17,20,22H,9-11H2,(H,21,23)/t16-,17?/m0/s1. The summed E-state index contributed by atoms with van der Waals surface area (Å²) >= 11 is 0. The van der Waals surface area contributed by atoms with Crippen LogP contribution in [0.4, 0.5) is 4.39 Å². The predicted molar refractivity (Wildman–Crippen MR) is 85.5 cm³/mol. The van der Waals surface area contributed by atoms with Gasteiger partial charge in [-0.2, -0.15) is 0 Å². The molecule has 0 saturated carbocycles. The summed E-state index contributed by atoms with van der Waals surface area (Å²) in [6.45, 7) is 0.770. The molecule has 3 N–H and O–H groups in total. The lowest BCUT2D eigenvalue weighted by Gasteiger charge is -2.30. The van der Waals surface area contributed by atoms with Crippen molar-refractivity contribution in [1.29, 1.82) is 0 Å². The smallest absolute Gasteiger partial charge is 0.254 e. The number of fused-ring (bicyclic) bond motifs is 1. The molecule has 5 heteroatoms. The lowest BCUT2D eigenvalue weighted by atomic mass is 9.93. The van der Waals surface area contributed by atoms with Crippen LogP contribution < -0.4 is 10.6 Å². The van der Waals surface area contributed by atoms with Crippen LogP contribution in [0.3, 0.4) is 0 Å². The van der Waals surface area contributed by atoms with E-state index in [9.17, 15) is 14.3 Å². The first-order valence-corrected chi connectivity index (χ1v) is 7.66. The van der Waals surface area contributed by atoms with Gasteiger partial charge in [-0.25, -0.2) is 4.39 Å². The average molecular weight is 314 g/mol. The summed E-state index contributed by atoms with van der Waals surface area (Å²) in [5, 5.41) is 16.2. The molecule has 2 aromatic carbocycles. The van der Waals surface area contributed by atoms with Gasteiger partial charge < -0.3 is 15.7 Å². The first-order valence-electron chi connectivity index (χ1n) is 7.66. The van der Waals surface area contributed by atoms with Crippen LogP contribution in [-0.2, 0) is 13.0 Å². The maximum Gasteiger partial charge on any atom is 0.254 e. The van der Waals surface area contributed by atoms with Gasteiger partial charge in [0.1, 0.15) is 5.82 Å². The minimum atomic E-state index is -0.737. The zero-order chi connectivity index (χ0) is 16.2. The Bertz CT molecular complexity index is 705. The lowest BCUT2D eigenvalue weighted by Crippen LogP contribution is -2.49. The molecule has 23 heavy (non-hydrogen) atoms. The molecule has 2 atom stereocenters. The summed E-state index contributed by atoms with van der Waals surface area (Å²) in [5.41, 5.74) is 2.42. The highest BCUT2D eigenvalue weighted by Crippen LogP contribution is 2.17. The zero-order valence-corrected chi connectivity index (χ0v) is 12.6. The number of carbonyl (C=O) groups excluding carboxylic acids is 1. The quantitative estimate of drug-likeness (QED) is 0.804. The van der Waals surface area contributed by atoms with Gasteiger partial charge in [-0.05, 0) is 29.7 Å². The van der Waals surface area contributed by atoms with Crippen LogP contribution in [0.25, 0.3) is 0 Å². The number of rotatable bonds is 4. The predicted octanol–water partition coefficient (Wildman–Crippen LogP) is 1.63. The second-order valence-corrected chi connectivity index (χ2v) is 5.72. The van der Waals surface area contributed by atoms with Crippen molar-refractivity contribution in [3.05, 3.63) is 71.0 Å². The van der Waals surface area contributed by atoms with Crippen molar-refractivity contribution in [3.8, 4) is 0 Å². The molecule has 1 aliphatic heterocycles. The van der Waals surface area contributed by atoms with Crippen molar-refractivity contribution in [1.82, 2.24) is 10.6 Å². The Morgan fingerprint density at radius 3 is 2.70 bits per heavy atom. The van der Waals surface area contributed by atoms with Crippen LogP contribution in [0.5, 0.6) is 0 Å². The fraction of sp³-hybridized carbons (Fsp3) is 0.278. The molecule has 0 saturated heterocycles. The number of aliphatic hydroxyl groups is 1. The molecular formula is C18H19FN2O2. The van der Waals surface area contributed by atoms with Crippen molar-refractivity contribution in [2.75, 3.05) is 6.54 Å². The van der Waals surface area contributed by atoms with E-state index < -0.39 is 17.8 Å². The fourth-order valence-electron chi connectivity index (χ4n) is 2.83. The average Bonchev–Trinajstić information content (AvgIpc) is 2.59. The Morgan fingerprint density at radius 2 is 1.91 bits per heavy atom. The Morgan fingerprint density at radius 1 is 1.22 bits per heavy atom. The van der Waals surface area contributed by atoms with Gasteiger partial charge in [0, 0.05) is 19.1 Å². The molecule has 0 aliphatic carbocycles. The van der Waals surface area contributed by atoms with E-state index in [-0.39, 0.29) is 18.2 Å². The Labute approximate surface area is 134 Å². The van der Waals surface area contributed by atoms with Crippen LogP contribution in [0.1, 0.15) is 21.5 Å². The van der Waals surface area contributed by atoms with Crippen LogP contribution in [0.2, 0.25) is 0 Å². The van der Waals surface area contributed by atoms with Gasteiger partial charge in [-0.3, -0.25) is 4.79 Å². The normalized spacial score (nSPS) is 18.1. The highest BCUT2D eigenvalue weighted by atomic mass is 19.1. The van der Waals surface area contributed by atoms with Gasteiger partial charge in [-0.15, -0.1) is 0 Å². The molecule has 2 aromatic rings. The molecule has 0 aromatic heterocycles. The summed E-state index contributed by atoms with van der Waals surface area (Å²) in [5.74, 6) is -1.08. The number of aliphatic hydroxyl groups excluding tert-OH is 1. The molecule has 1 heterocycles. The third kappa shape index (κ3) is 3.57. The molecule has 120 valence electrons. The SMILES string of the molecule is O=C(NCC(O)[C@@H]1Cc2ccccc2CN1)c1ccccc1F. The molecule has 0 radical (unpaired) electrons. The van der Waals surface area contributed by atoms with Crippen molar-refractivity contribution in [3.63, 3.8) is 0 Å². The van der Waals surface area contributed by atoms with Crippen LogP contribution in [-0.4, -0.2) is 29.7 Å². The molecule has 1 amide bonds. The third-order valence-electron chi connectivity index (χ3n) is 4.17. The van der Waals surface area contributed by atoms with Gasteiger partial charge in [0.05, 0.1) is 11.7 Å². The molecule has 0 bridgehead atoms. The maximum atomic E-state index is 13.5. The third-order valence-corrected chi connectivity index (χ3v) is 4.17. The van der Waals surface area contributed by atoms with E-state index in [1.165, 1.54) is 29.3 Å².